The van der Waals surface area contributed by atoms with E-state index < -0.39 is 0 Å². The van der Waals surface area contributed by atoms with Gasteiger partial charge in [-0.2, -0.15) is 0 Å². The van der Waals surface area contributed by atoms with Crippen molar-refractivity contribution in [3.8, 4) is 5.75 Å². The van der Waals surface area contributed by atoms with E-state index in [-0.39, 0.29) is 18.0 Å². The topological polar surface area (TPSA) is 64.3 Å². The summed E-state index contributed by atoms with van der Waals surface area (Å²) < 4.78 is 5.48. The van der Waals surface area contributed by atoms with Crippen LogP contribution in [0.5, 0.6) is 5.75 Å². The third kappa shape index (κ3) is 1.94. The minimum Gasteiger partial charge on any atom is -0.491 e. The molecular weight excluding hydrogens is 192 g/mol. The quantitative estimate of drug-likeness (QED) is 0.760. The summed E-state index contributed by atoms with van der Waals surface area (Å²) in [5.74, 6) is 0.533. The number of primary amides is 1. The summed E-state index contributed by atoms with van der Waals surface area (Å²) in [6.45, 7) is 2.31. The van der Waals surface area contributed by atoms with Crippen molar-refractivity contribution in [3.63, 3.8) is 0 Å². The van der Waals surface area contributed by atoms with Crippen molar-refractivity contribution in [2.24, 2.45) is 5.73 Å². The standard InChI is InChI=1S/C11H14N2O2/c1-7(11(12)14)13-9-6-15-10-5-3-2-4-8(9)10/h2-5,7,9,13H,6H2,1H3,(H2,12,14). The largest absolute Gasteiger partial charge is 0.491 e. The Morgan fingerprint density at radius 1 is 1.60 bits per heavy atom. The van der Waals surface area contributed by atoms with Crippen LogP contribution in [0, 0.1) is 0 Å². The Labute approximate surface area is 88.4 Å². The zero-order valence-electron chi connectivity index (χ0n) is 8.57. The number of carbonyl (C=O) groups excluding carboxylic acids is 1. The molecule has 2 unspecified atom stereocenters. The molecule has 0 fully saturated rings. The fraction of sp³-hybridized carbons (Fsp3) is 0.364. The summed E-state index contributed by atoms with van der Waals surface area (Å²) >= 11 is 0. The first-order valence-electron chi connectivity index (χ1n) is 4.95. The first-order valence-corrected chi connectivity index (χ1v) is 4.95. The van der Waals surface area contributed by atoms with Crippen LogP contribution in [-0.2, 0) is 4.79 Å². The second kappa shape index (κ2) is 3.90. The minimum atomic E-state index is -0.348. The van der Waals surface area contributed by atoms with Crippen LogP contribution in [0.25, 0.3) is 0 Å². The number of para-hydroxylation sites is 1. The Morgan fingerprint density at radius 3 is 3.07 bits per heavy atom. The predicted molar refractivity (Wildman–Crippen MR) is 56.5 cm³/mol. The molecule has 2 rings (SSSR count). The normalized spacial score (nSPS) is 20.5. The van der Waals surface area contributed by atoms with Crippen LogP contribution >= 0.6 is 0 Å². The van der Waals surface area contributed by atoms with Crippen molar-refractivity contribution < 1.29 is 9.53 Å². The maximum Gasteiger partial charge on any atom is 0.234 e. The Morgan fingerprint density at radius 2 is 2.33 bits per heavy atom. The molecule has 0 aliphatic carbocycles. The summed E-state index contributed by atoms with van der Waals surface area (Å²) in [6.07, 6.45) is 0. The van der Waals surface area contributed by atoms with Gasteiger partial charge in [-0.15, -0.1) is 0 Å². The number of hydrogen-bond acceptors (Lipinski definition) is 3. The van der Waals surface area contributed by atoms with Gasteiger partial charge >= 0.3 is 0 Å². The average molecular weight is 206 g/mol. The fourth-order valence-corrected chi connectivity index (χ4v) is 1.68. The van der Waals surface area contributed by atoms with Crippen molar-refractivity contribution in [3.05, 3.63) is 29.8 Å². The second-order valence-electron chi connectivity index (χ2n) is 3.69. The zero-order chi connectivity index (χ0) is 10.8. The molecule has 80 valence electrons. The summed E-state index contributed by atoms with van der Waals surface area (Å²) in [7, 11) is 0. The molecule has 0 saturated heterocycles. The lowest BCUT2D eigenvalue weighted by atomic mass is 10.1. The van der Waals surface area contributed by atoms with Crippen molar-refractivity contribution in [1.29, 1.82) is 0 Å². The van der Waals surface area contributed by atoms with E-state index in [9.17, 15) is 4.79 Å². The molecular formula is C11H14N2O2. The van der Waals surface area contributed by atoms with Gasteiger partial charge in [-0.3, -0.25) is 10.1 Å². The molecule has 0 spiro atoms. The van der Waals surface area contributed by atoms with Crippen molar-refractivity contribution in [2.75, 3.05) is 6.61 Å². The average Bonchev–Trinajstić information content (AvgIpc) is 2.62. The molecule has 1 amide bonds. The smallest absolute Gasteiger partial charge is 0.234 e. The lowest BCUT2D eigenvalue weighted by molar-refractivity contribution is -0.119. The van der Waals surface area contributed by atoms with Gasteiger partial charge in [-0.1, -0.05) is 18.2 Å². The first kappa shape index (κ1) is 9.98. The van der Waals surface area contributed by atoms with Gasteiger partial charge in [-0.25, -0.2) is 0 Å². The molecule has 0 aromatic heterocycles. The molecule has 2 atom stereocenters. The third-order valence-electron chi connectivity index (χ3n) is 2.58. The summed E-state index contributed by atoms with van der Waals surface area (Å²) in [6, 6.07) is 7.52. The highest BCUT2D eigenvalue weighted by atomic mass is 16.5. The number of ether oxygens (including phenoxy) is 1. The molecule has 3 N–H and O–H groups in total. The van der Waals surface area contributed by atoms with E-state index in [1.165, 1.54) is 0 Å². The molecule has 15 heavy (non-hydrogen) atoms. The van der Waals surface area contributed by atoms with Crippen LogP contribution in [-0.4, -0.2) is 18.6 Å². The van der Waals surface area contributed by atoms with Gasteiger partial charge in [0.05, 0.1) is 12.1 Å². The van der Waals surface area contributed by atoms with Gasteiger partial charge < -0.3 is 10.5 Å². The minimum absolute atomic E-state index is 0.0590. The van der Waals surface area contributed by atoms with Gasteiger partial charge in [0.15, 0.2) is 0 Å². The van der Waals surface area contributed by atoms with Crippen LogP contribution in [0.4, 0.5) is 0 Å². The number of hydrogen-bond donors (Lipinski definition) is 2. The Balaban J connectivity index is 2.11. The van der Waals surface area contributed by atoms with Crippen molar-refractivity contribution in [1.82, 2.24) is 5.32 Å². The lowest BCUT2D eigenvalue weighted by Crippen LogP contribution is -2.41. The Hall–Kier alpha value is -1.55. The maximum atomic E-state index is 10.9. The molecule has 0 radical (unpaired) electrons. The van der Waals surface area contributed by atoms with E-state index in [2.05, 4.69) is 5.32 Å². The molecule has 1 heterocycles. The maximum absolute atomic E-state index is 10.9. The fourth-order valence-electron chi connectivity index (χ4n) is 1.68. The van der Waals surface area contributed by atoms with Gasteiger partial charge in [0, 0.05) is 5.56 Å². The highest BCUT2D eigenvalue weighted by Crippen LogP contribution is 2.31. The molecule has 1 aromatic rings. The van der Waals surface area contributed by atoms with Crippen molar-refractivity contribution >= 4 is 5.91 Å². The van der Waals surface area contributed by atoms with E-state index in [0.717, 1.165) is 11.3 Å². The number of nitrogens with two attached hydrogens (primary N) is 1. The summed E-state index contributed by atoms with van der Waals surface area (Å²) in [4.78, 5) is 10.9. The van der Waals surface area contributed by atoms with Gasteiger partial charge in [-0.05, 0) is 13.0 Å². The molecule has 4 nitrogen and oxygen atoms in total. The SMILES string of the molecule is CC(NC1COc2ccccc21)C(N)=O. The van der Waals surface area contributed by atoms with Crippen LogP contribution < -0.4 is 15.8 Å². The lowest BCUT2D eigenvalue weighted by Gasteiger charge is -2.15. The second-order valence-corrected chi connectivity index (χ2v) is 3.69. The first-order chi connectivity index (χ1) is 7.18. The molecule has 1 aliphatic heterocycles. The molecule has 0 saturated carbocycles. The molecule has 1 aromatic carbocycles. The Kier molecular flexibility index (Phi) is 2.60. The van der Waals surface area contributed by atoms with E-state index in [1.54, 1.807) is 6.92 Å². The number of fused-ring (bicyclic) bond motifs is 1. The number of rotatable bonds is 3. The highest BCUT2D eigenvalue weighted by Gasteiger charge is 2.25. The van der Waals surface area contributed by atoms with Crippen molar-refractivity contribution in [2.45, 2.75) is 19.0 Å². The van der Waals surface area contributed by atoms with Gasteiger partial charge in [0.1, 0.15) is 12.4 Å². The Bertz CT molecular complexity index is 379. The highest BCUT2D eigenvalue weighted by molar-refractivity contribution is 5.79. The summed E-state index contributed by atoms with van der Waals surface area (Å²) in [5, 5.41) is 3.13. The van der Waals surface area contributed by atoms with E-state index in [1.807, 2.05) is 24.3 Å². The monoisotopic (exact) mass is 206 g/mol. The van der Waals surface area contributed by atoms with E-state index in [4.69, 9.17) is 10.5 Å². The predicted octanol–water partition coefficient (Wildman–Crippen LogP) is 0.584. The number of nitrogens with one attached hydrogen (secondary N) is 1. The molecule has 0 bridgehead atoms. The van der Waals surface area contributed by atoms with E-state index >= 15 is 0 Å². The van der Waals surface area contributed by atoms with Gasteiger partial charge in [0.2, 0.25) is 5.91 Å². The number of benzene rings is 1. The van der Waals surface area contributed by atoms with Crippen LogP contribution in [0.15, 0.2) is 24.3 Å². The number of carbonyl (C=O) groups is 1. The summed E-state index contributed by atoms with van der Waals surface area (Å²) in [5.41, 5.74) is 6.28. The van der Waals surface area contributed by atoms with Crippen LogP contribution in [0.3, 0.4) is 0 Å². The third-order valence-corrected chi connectivity index (χ3v) is 2.58. The van der Waals surface area contributed by atoms with E-state index in [0.29, 0.717) is 6.61 Å². The zero-order valence-corrected chi connectivity index (χ0v) is 8.57. The molecule has 1 aliphatic rings. The van der Waals surface area contributed by atoms with Crippen LogP contribution in [0.2, 0.25) is 0 Å². The van der Waals surface area contributed by atoms with Crippen LogP contribution in [0.1, 0.15) is 18.5 Å². The van der Waals surface area contributed by atoms with Gasteiger partial charge in [0.25, 0.3) is 0 Å². The molecule has 4 heteroatoms. The number of amides is 1.